The highest BCUT2D eigenvalue weighted by Crippen LogP contribution is 2.44. The molecule has 0 amide bonds. The maximum Gasteiger partial charge on any atom is 0.0379 e. The Morgan fingerprint density at radius 3 is 2.47 bits per heavy atom. The standard InChI is InChI=1S/C20H31N3.C3H8N2.C2H6/c1-16-5-4-6-17(9-12-21-16)23-13-10-20(11-14-23)15-22-19-8-3-2-7-18(19)20;1-3(5)2-4;1-2/h2-3,7-8,16-17,21-22H,4-6,9-15H2,1H3;2H,4-5H2,1H3;1-2H3/b;3-2-;. The highest BCUT2D eigenvalue weighted by atomic mass is 15.2. The van der Waals surface area contributed by atoms with E-state index in [9.17, 15) is 0 Å². The van der Waals surface area contributed by atoms with Crippen LogP contribution in [-0.4, -0.2) is 43.2 Å². The summed E-state index contributed by atoms with van der Waals surface area (Å²) in [4.78, 5) is 2.80. The van der Waals surface area contributed by atoms with Crippen LogP contribution >= 0.6 is 0 Å². The molecule has 2 unspecified atom stereocenters. The molecule has 0 bridgehead atoms. The van der Waals surface area contributed by atoms with E-state index in [0.29, 0.717) is 17.2 Å². The molecule has 2 atom stereocenters. The highest BCUT2D eigenvalue weighted by molar-refractivity contribution is 5.60. The lowest BCUT2D eigenvalue weighted by atomic mass is 9.74. The summed E-state index contributed by atoms with van der Waals surface area (Å²) < 4.78 is 0. The Labute approximate surface area is 184 Å². The Hall–Kier alpha value is -1.72. The zero-order valence-corrected chi connectivity index (χ0v) is 19.7. The fourth-order valence-corrected chi connectivity index (χ4v) is 4.99. The third kappa shape index (κ3) is 6.39. The fraction of sp³-hybridized carbons (Fsp3) is 0.680. The number of allylic oxidation sites excluding steroid dienone is 1. The van der Waals surface area contributed by atoms with E-state index in [0.717, 1.165) is 12.6 Å². The molecule has 0 saturated carbocycles. The summed E-state index contributed by atoms with van der Waals surface area (Å²) in [7, 11) is 0. The first-order valence-corrected chi connectivity index (χ1v) is 12.0. The summed E-state index contributed by atoms with van der Waals surface area (Å²) >= 11 is 0. The Bertz CT molecular complexity index is 635. The van der Waals surface area contributed by atoms with Crippen molar-refractivity contribution >= 4 is 5.69 Å². The van der Waals surface area contributed by atoms with Crippen molar-refractivity contribution in [2.75, 3.05) is 31.5 Å². The molecule has 1 aromatic carbocycles. The Kier molecular flexibility index (Phi) is 9.99. The topological polar surface area (TPSA) is 79.3 Å². The average molecular weight is 416 g/mol. The van der Waals surface area contributed by atoms with Crippen LogP contribution in [0, 0.1) is 0 Å². The van der Waals surface area contributed by atoms with Crippen LogP contribution in [0.25, 0.3) is 0 Å². The first-order chi connectivity index (χ1) is 14.5. The van der Waals surface area contributed by atoms with Crippen molar-refractivity contribution in [1.29, 1.82) is 0 Å². The Morgan fingerprint density at radius 1 is 1.13 bits per heavy atom. The quantitative estimate of drug-likeness (QED) is 0.554. The molecule has 2 fully saturated rings. The number of nitrogens with zero attached hydrogens (tertiary/aromatic N) is 1. The third-order valence-electron chi connectivity index (χ3n) is 6.79. The number of anilines is 1. The van der Waals surface area contributed by atoms with Gasteiger partial charge in [0, 0.05) is 41.6 Å². The van der Waals surface area contributed by atoms with Gasteiger partial charge in [0.1, 0.15) is 0 Å². The molecule has 30 heavy (non-hydrogen) atoms. The number of nitrogens with one attached hydrogen (secondary N) is 2. The second-order valence-electron chi connectivity index (χ2n) is 8.85. The monoisotopic (exact) mass is 415 g/mol. The molecule has 3 aliphatic heterocycles. The lowest BCUT2D eigenvalue weighted by Crippen LogP contribution is -2.49. The molecule has 1 aromatic rings. The molecule has 0 aliphatic carbocycles. The van der Waals surface area contributed by atoms with Crippen LogP contribution in [0.4, 0.5) is 5.69 Å². The van der Waals surface area contributed by atoms with Crippen LogP contribution in [0.1, 0.15) is 71.8 Å². The first-order valence-electron chi connectivity index (χ1n) is 12.0. The maximum absolute atomic E-state index is 5.03. The number of hydrogen-bond donors (Lipinski definition) is 4. The summed E-state index contributed by atoms with van der Waals surface area (Å²) in [6.07, 6.45) is 9.44. The van der Waals surface area contributed by atoms with Crippen molar-refractivity contribution < 1.29 is 0 Å². The van der Waals surface area contributed by atoms with E-state index in [1.54, 1.807) is 12.5 Å². The second kappa shape index (κ2) is 12.2. The predicted molar refractivity (Wildman–Crippen MR) is 131 cm³/mol. The van der Waals surface area contributed by atoms with Gasteiger partial charge in [0.15, 0.2) is 0 Å². The number of rotatable bonds is 1. The van der Waals surface area contributed by atoms with E-state index in [1.807, 2.05) is 13.8 Å². The van der Waals surface area contributed by atoms with Gasteiger partial charge in [0.2, 0.25) is 0 Å². The molecule has 0 radical (unpaired) electrons. The van der Waals surface area contributed by atoms with Crippen molar-refractivity contribution in [3.05, 3.63) is 41.7 Å². The summed E-state index contributed by atoms with van der Waals surface area (Å²) in [6, 6.07) is 10.5. The largest absolute Gasteiger partial charge is 0.403 e. The van der Waals surface area contributed by atoms with Gasteiger partial charge in [0.25, 0.3) is 0 Å². The van der Waals surface area contributed by atoms with Crippen molar-refractivity contribution in [1.82, 2.24) is 10.2 Å². The molecule has 1 spiro atoms. The van der Waals surface area contributed by atoms with E-state index in [1.165, 1.54) is 70.0 Å². The van der Waals surface area contributed by atoms with Gasteiger partial charge in [0.05, 0.1) is 0 Å². The number of fused-ring (bicyclic) bond motifs is 2. The van der Waals surface area contributed by atoms with E-state index in [4.69, 9.17) is 11.5 Å². The minimum Gasteiger partial charge on any atom is -0.403 e. The normalized spacial score (nSPS) is 26.1. The lowest BCUT2D eigenvalue weighted by molar-refractivity contribution is 0.104. The molecule has 2 saturated heterocycles. The second-order valence-corrected chi connectivity index (χ2v) is 8.85. The van der Waals surface area contributed by atoms with Crippen LogP contribution in [0.3, 0.4) is 0 Å². The highest BCUT2D eigenvalue weighted by Gasteiger charge is 2.42. The number of hydrogen-bond acceptors (Lipinski definition) is 5. The van der Waals surface area contributed by atoms with Crippen LogP contribution < -0.4 is 22.1 Å². The maximum atomic E-state index is 5.03. The SMILES string of the molecule is C/C(N)=C/N.CC.CC1CCCC(N2CCC3(CC2)CNc2ccccc23)CCN1. The fourth-order valence-electron chi connectivity index (χ4n) is 4.99. The zero-order valence-electron chi connectivity index (χ0n) is 19.7. The van der Waals surface area contributed by atoms with Gasteiger partial charge in [-0.1, -0.05) is 38.5 Å². The van der Waals surface area contributed by atoms with Crippen molar-refractivity contribution in [2.45, 2.75) is 83.7 Å². The van der Waals surface area contributed by atoms with Gasteiger partial charge in [-0.25, -0.2) is 0 Å². The molecule has 4 rings (SSSR count). The van der Waals surface area contributed by atoms with Gasteiger partial charge in [-0.2, -0.15) is 0 Å². The third-order valence-corrected chi connectivity index (χ3v) is 6.79. The predicted octanol–water partition coefficient (Wildman–Crippen LogP) is 4.16. The Balaban J connectivity index is 0.000000404. The number of para-hydroxylation sites is 1. The summed E-state index contributed by atoms with van der Waals surface area (Å²) in [5, 5.41) is 7.33. The van der Waals surface area contributed by atoms with E-state index in [2.05, 4.69) is 46.7 Å². The Morgan fingerprint density at radius 2 is 1.80 bits per heavy atom. The van der Waals surface area contributed by atoms with Crippen molar-refractivity contribution in [3.63, 3.8) is 0 Å². The molecule has 0 aromatic heterocycles. The number of piperidine rings is 1. The molecule has 170 valence electrons. The molecule has 6 N–H and O–H groups in total. The van der Waals surface area contributed by atoms with Gasteiger partial charge in [-0.15, -0.1) is 0 Å². The smallest absolute Gasteiger partial charge is 0.0379 e. The molecular weight excluding hydrogens is 370 g/mol. The van der Waals surface area contributed by atoms with Gasteiger partial charge < -0.3 is 27.0 Å². The van der Waals surface area contributed by atoms with Crippen LogP contribution in [-0.2, 0) is 5.41 Å². The minimum atomic E-state index is 0.404. The van der Waals surface area contributed by atoms with Gasteiger partial charge >= 0.3 is 0 Å². The minimum absolute atomic E-state index is 0.404. The van der Waals surface area contributed by atoms with E-state index in [-0.39, 0.29) is 0 Å². The number of benzene rings is 1. The van der Waals surface area contributed by atoms with Crippen LogP contribution in [0.15, 0.2) is 36.2 Å². The molecule has 3 aliphatic rings. The first kappa shape index (κ1) is 24.5. The number of nitrogens with two attached hydrogens (primary N) is 2. The number of likely N-dealkylation sites (tertiary alicyclic amines) is 1. The summed E-state index contributed by atoms with van der Waals surface area (Å²) in [6.45, 7) is 12.9. The van der Waals surface area contributed by atoms with Crippen molar-refractivity contribution in [2.24, 2.45) is 11.5 Å². The van der Waals surface area contributed by atoms with E-state index < -0.39 is 0 Å². The van der Waals surface area contributed by atoms with Crippen LogP contribution in [0.2, 0.25) is 0 Å². The molecular formula is C25H45N5. The molecule has 3 heterocycles. The average Bonchev–Trinajstić information content (AvgIpc) is 3.12. The summed E-state index contributed by atoms with van der Waals surface area (Å²) in [5.74, 6) is 0. The van der Waals surface area contributed by atoms with E-state index >= 15 is 0 Å². The van der Waals surface area contributed by atoms with Gasteiger partial charge in [-0.05, 0) is 77.2 Å². The van der Waals surface area contributed by atoms with Gasteiger partial charge in [-0.3, -0.25) is 0 Å². The summed E-state index contributed by atoms with van der Waals surface area (Å²) in [5.41, 5.74) is 13.9. The molecule has 5 heteroatoms. The zero-order chi connectivity index (χ0) is 22.0. The molecule has 5 nitrogen and oxygen atoms in total. The lowest BCUT2D eigenvalue weighted by Gasteiger charge is -2.43. The van der Waals surface area contributed by atoms with Crippen molar-refractivity contribution in [3.8, 4) is 0 Å². The van der Waals surface area contributed by atoms with Crippen LogP contribution in [0.5, 0.6) is 0 Å².